The lowest BCUT2D eigenvalue weighted by molar-refractivity contribution is -0.111. The monoisotopic (exact) mass is 255 g/mol. The number of aromatic nitrogens is 2. The Morgan fingerprint density at radius 3 is 3.05 bits per heavy atom. The molecular formula is C14H13N3O2. The summed E-state index contributed by atoms with van der Waals surface area (Å²) in [5.41, 5.74) is 1.47. The molecule has 0 spiro atoms. The van der Waals surface area contributed by atoms with Crippen LogP contribution in [0.15, 0.2) is 41.4 Å². The van der Waals surface area contributed by atoms with Gasteiger partial charge in [0, 0.05) is 17.2 Å². The van der Waals surface area contributed by atoms with Crippen molar-refractivity contribution in [2.24, 2.45) is 0 Å². The topological polar surface area (TPSA) is 68.0 Å². The Morgan fingerprint density at radius 2 is 2.32 bits per heavy atom. The molecule has 19 heavy (non-hydrogen) atoms. The minimum absolute atomic E-state index is 0.249. The van der Waals surface area contributed by atoms with Gasteiger partial charge in [-0.3, -0.25) is 4.79 Å². The summed E-state index contributed by atoms with van der Waals surface area (Å²) < 4.78 is 5.24. The number of amides is 1. The van der Waals surface area contributed by atoms with E-state index in [1.54, 1.807) is 12.1 Å². The molecule has 0 bridgehead atoms. The third-order valence-corrected chi connectivity index (χ3v) is 2.95. The molecule has 1 saturated carbocycles. The average Bonchev–Trinajstić information content (AvgIpc) is 3.16. The van der Waals surface area contributed by atoms with Gasteiger partial charge in [0.15, 0.2) is 5.82 Å². The van der Waals surface area contributed by atoms with E-state index in [-0.39, 0.29) is 5.91 Å². The molecule has 1 aromatic carbocycles. The average molecular weight is 255 g/mol. The van der Waals surface area contributed by atoms with E-state index in [0.717, 1.165) is 24.2 Å². The zero-order chi connectivity index (χ0) is 13.2. The highest BCUT2D eigenvalue weighted by molar-refractivity contribution is 5.99. The molecule has 96 valence electrons. The number of benzene rings is 1. The SMILES string of the molecule is C=CC(=O)Nc1cccc(-c2nc(C3CC3)no2)c1. The molecule has 1 N–H and O–H groups in total. The Hall–Kier alpha value is -2.43. The van der Waals surface area contributed by atoms with Gasteiger partial charge < -0.3 is 9.84 Å². The molecule has 0 radical (unpaired) electrons. The first-order chi connectivity index (χ1) is 9.26. The molecule has 0 aliphatic heterocycles. The maximum Gasteiger partial charge on any atom is 0.258 e. The van der Waals surface area contributed by atoms with Crippen LogP contribution >= 0.6 is 0 Å². The van der Waals surface area contributed by atoms with Crippen LogP contribution in [0.4, 0.5) is 5.69 Å². The molecule has 3 rings (SSSR count). The fourth-order valence-corrected chi connectivity index (χ4v) is 1.78. The normalized spacial score (nSPS) is 14.1. The molecule has 1 fully saturated rings. The highest BCUT2D eigenvalue weighted by Crippen LogP contribution is 2.38. The fourth-order valence-electron chi connectivity index (χ4n) is 1.78. The molecular weight excluding hydrogens is 242 g/mol. The lowest BCUT2D eigenvalue weighted by Crippen LogP contribution is -2.06. The zero-order valence-electron chi connectivity index (χ0n) is 10.3. The smallest absolute Gasteiger partial charge is 0.258 e. The fraction of sp³-hybridized carbons (Fsp3) is 0.214. The number of rotatable bonds is 4. The lowest BCUT2D eigenvalue weighted by atomic mass is 10.2. The number of hydrogen-bond donors (Lipinski definition) is 1. The summed E-state index contributed by atoms with van der Waals surface area (Å²) in [6, 6.07) is 7.29. The molecule has 1 aliphatic carbocycles. The quantitative estimate of drug-likeness (QED) is 0.853. The Balaban J connectivity index is 1.84. The van der Waals surface area contributed by atoms with Crippen LogP contribution in [0.5, 0.6) is 0 Å². The molecule has 0 atom stereocenters. The van der Waals surface area contributed by atoms with E-state index in [0.29, 0.717) is 17.5 Å². The van der Waals surface area contributed by atoms with Crippen molar-refractivity contribution in [2.45, 2.75) is 18.8 Å². The van der Waals surface area contributed by atoms with Crippen LogP contribution in [-0.2, 0) is 4.79 Å². The predicted molar refractivity (Wildman–Crippen MR) is 70.5 cm³/mol. The van der Waals surface area contributed by atoms with E-state index < -0.39 is 0 Å². The van der Waals surface area contributed by atoms with E-state index in [4.69, 9.17) is 4.52 Å². The summed E-state index contributed by atoms with van der Waals surface area (Å²) in [4.78, 5) is 15.6. The van der Waals surface area contributed by atoms with Crippen LogP contribution < -0.4 is 5.32 Å². The van der Waals surface area contributed by atoms with Crippen molar-refractivity contribution < 1.29 is 9.32 Å². The molecule has 0 saturated heterocycles. The van der Waals surface area contributed by atoms with Gasteiger partial charge in [0.1, 0.15) is 0 Å². The van der Waals surface area contributed by atoms with Crippen molar-refractivity contribution in [3.63, 3.8) is 0 Å². The van der Waals surface area contributed by atoms with Gasteiger partial charge in [-0.1, -0.05) is 17.8 Å². The summed E-state index contributed by atoms with van der Waals surface area (Å²) in [5.74, 6) is 1.47. The van der Waals surface area contributed by atoms with E-state index >= 15 is 0 Å². The summed E-state index contributed by atoms with van der Waals surface area (Å²) in [6.45, 7) is 3.41. The number of nitrogens with one attached hydrogen (secondary N) is 1. The largest absolute Gasteiger partial charge is 0.334 e. The molecule has 1 amide bonds. The van der Waals surface area contributed by atoms with Crippen molar-refractivity contribution in [3.8, 4) is 11.5 Å². The first-order valence-corrected chi connectivity index (χ1v) is 6.14. The number of carbonyl (C=O) groups excluding carboxylic acids is 1. The minimum atomic E-state index is -0.249. The van der Waals surface area contributed by atoms with Crippen LogP contribution in [-0.4, -0.2) is 16.0 Å². The van der Waals surface area contributed by atoms with Gasteiger partial charge in [0.2, 0.25) is 5.91 Å². The standard InChI is InChI=1S/C14H13N3O2/c1-2-12(18)15-11-5-3-4-10(8-11)14-16-13(17-19-14)9-6-7-9/h2-5,8-9H,1,6-7H2,(H,15,18). The van der Waals surface area contributed by atoms with Crippen LogP contribution in [0.1, 0.15) is 24.6 Å². The predicted octanol–water partition coefficient (Wildman–Crippen LogP) is 2.74. The Kier molecular flexibility index (Phi) is 2.87. The van der Waals surface area contributed by atoms with Crippen molar-refractivity contribution in [2.75, 3.05) is 5.32 Å². The van der Waals surface area contributed by atoms with E-state index in [9.17, 15) is 4.79 Å². The highest BCUT2D eigenvalue weighted by atomic mass is 16.5. The van der Waals surface area contributed by atoms with Crippen LogP contribution in [0, 0.1) is 0 Å². The summed E-state index contributed by atoms with van der Waals surface area (Å²) in [7, 11) is 0. The molecule has 1 aliphatic rings. The van der Waals surface area contributed by atoms with Crippen molar-refractivity contribution in [3.05, 3.63) is 42.7 Å². The number of carbonyl (C=O) groups is 1. The van der Waals surface area contributed by atoms with Crippen molar-refractivity contribution in [1.29, 1.82) is 0 Å². The van der Waals surface area contributed by atoms with Gasteiger partial charge in [-0.2, -0.15) is 4.98 Å². The van der Waals surface area contributed by atoms with Crippen molar-refractivity contribution in [1.82, 2.24) is 10.1 Å². The van der Waals surface area contributed by atoms with E-state index in [2.05, 4.69) is 22.0 Å². The van der Waals surface area contributed by atoms with Crippen LogP contribution in [0.25, 0.3) is 11.5 Å². The summed E-state index contributed by atoms with van der Waals surface area (Å²) in [5, 5.41) is 6.67. The van der Waals surface area contributed by atoms with Gasteiger partial charge in [0.05, 0.1) is 0 Å². The molecule has 1 aromatic heterocycles. The highest BCUT2D eigenvalue weighted by Gasteiger charge is 2.28. The van der Waals surface area contributed by atoms with Gasteiger partial charge in [-0.05, 0) is 37.1 Å². The first-order valence-electron chi connectivity index (χ1n) is 6.14. The molecule has 1 heterocycles. The Morgan fingerprint density at radius 1 is 1.47 bits per heavy atom. The van der Waals surface area contributed by atoms with E-state index in [1.807, 2.05) is 12.1 Å². The maximum atomic E-state index is 11.3. The lowest BCUT2D eigenvalue weighted by Gasteiger charge is -2.02. The molecule has 5 heteroatoms. The van der Waals surface area contributed by atoms with Crippen molar-refractivity contribution >= 4 is 11.6 Å². The van der Waals surface area contributed by atoms with Crippen LogP contribution in [0.2, 0.25) is 0 Å². The second-order valence-corrected chi connectivity index (χ2v) is 4.51. The Bertz CT molecular complexity index is 629. The third-order valence-electron chi connectivity index (χ3n) is 2.95. The number of hydrogen-bond acceptors (Lipinski definition) is 4. The first kappa shape index (κ1) is 11.6. The van der Waals surface area contributed by atoms with Gasteiger partial charge >= 0.3 is 0 Å². The van der Waals surface area contributed by atoms with E-state index in [1.165, 1.54) is 6.08 Å². The minimum Gasteiger partial charge on any atom is -0.334 e. The van der Waals surface area contributed by atoms with Gasteiger partial charge in [-0.25, -0.2) is 0 Å². The Labute approximate surface area is 110 Å². The van der Waals surface area contributed by atoms with Gasteiger partial charge in [-0.15, -0.1) is 0 Å². The molecule has 5 nitrogen and oxygen atoms in total. The van der Waals surface area contributed by atoms with Crippen LogP contribution in [0.3, 0.4) is 0 Å². The number of nitrogens with zero attached hydrogens (tertiary/aromatic N) is 2. The summed E-state index contributed by atoms with van der Waals surface area (Å²) >= 11 is 0. The third kappa shape index (κ3) is 2.54. The molecule has 0 unspecified atom stereocenters. The maximum absolute atomic E-state index is 11.3. The zero-order valence-corrected chi connectivity index (χ0v) is 10.3. The second-order valence-electron chi connectivity index (χ2n) is 4.51. The summed E-state index contributed by atoms with van der Waals surface area (Å²) in [6.07, 6.45) is 3.49. The van der Waals surface area contributed by atoms with Gasteiger partial charge in [0.25, 0.3) is 5.89 Å². The second kappa shape index (κ2) is 4.68. The molecule has 2 aromatic rings. The number of anilines is 1.